The van der Waals surface area contributed by atoms with Gasteiger partial charge in [-0.15, -0.1) is 0 Å². The van der Waals surface area contributed by atoms with Crippen LogP contribution in [0.1, 0.15) is 126 Å². The smallest absolute Gasteiger partial charge is 0.0594 e. The Morgan fingerprint density at radius 3 is 2.28 bits per heavy atom. The predicted molar refractivity (Wildman–Crippen MR) is 134 cm³/mol. The molecule has 0 aromatic rings. The molecule has 0 spiro atoms. The van der Waals surface area contributed by atoms with Crippen LogP contribution in [0.2, 0.25) is 0 Å². The lowest BCUT2D eigenvalue weighted by Gasteiger charge is -2.62. The maximum absolute atomic E-state index is 10.8. The fourth-order valence-electron chi connectivity index (χ4n) is 9.69. The van der Waals surface area contributed by atoms with Gasteiger partial charge in [0.15, 0.2) is 0 Å². The van der Waals surface area contributed by atoms with E-state index in [-0.39, 0.29) is 16.9 Å². The van der Waals surface area contributed by atoms with Crippen LogP contribution in [0.5, 0.6) is 0 Å². The lowest BCUT2D eigenvalue weighted by molar-refractivity contribution is -0.0962. The van der Waals surface area contributed by atoms with Gasteiger partial charge in [0.1, 0.15) is 0 Å². The maximum atomic E-state index is 10.8. The molecule has 0 aromatic carbocycles. The summed E-state index contributed by atoms with van der Waals surface area (Å²) in [5.41, 5.74) is 4.22. The van der Waals surface area contributed by atoms with Crippen molar-refractivity contribution in [3.05, 3.63) is 11.1 Å². The van der Waals surface area contributed by atoms with E-state index < -0.39 is 5.60 Å². The molecule has 0 aliphatic heterocycles. The molecule has 4 aliphatic carbocycles. The SMILES string of the molecule is CC(CCCC(C)(C)O)[C@H]1CC[C@@]2(C)C3=C(CC[C@]12C)[C@@]1(C)CC[C@H](O)C(C)(C)[C@@H]1CC3. The first-order chi connectivity index (χ1) is 14.7. The predicted octanol–water partition coefficient (Wildman–Crippen LogP) is 7.67. The molecule has 0 amide bonds. The van der Waals surface area contributed by atoms with Crippen molar-refractivity contribution in [1.82, 2.24) is 0 Å². The van der Waals surface area contributed by atoms with Gasteiger partial charge in [0.25, 0.3) is 0 Å². The van der Waals surface area contributed by atoms with Crippen LogP contribution in [-0.2, 0) is 0 Å². The minimum Gasteiger partial charge on any atom is -0.393 e. The second-order valence-electron chi connectivity index (χ2n) is 14.4. The molecule has 4 aliphatic rings. The largest absolute Gasteiger partial charge is 0.393 e. The zero-order valence-electron chi connectivity index (χ0n) is 22.5. The Bertz CT molecular complexity index is 757. The van der Waals surface area contributed by atoms with Crippen LogP contribution in [-0.4, -0.2) is 21.9 Å². The first-order valence-corrected chi connectivity index (χ1v) is 13.8. The highest BCUT2D eigenvalue weighted by Gasteiger charge is 2.63. The van der Waals surface area contributed by atoms with Gasteiger partial charge in [-0.2, -0.15) is 0 Å². The van der Waals surface area contributed by atoms with E-state index in [0.717, 1.165) is 31.1 Å². The molecule has 2 heteroatoms. The maximum Gasteiger partial charge on any atom is 0.0594 e. The topological polar surface area (TPSA) is 40.5 Å². The number of allylic oxidation sites excluding steroid dienone is 2. The van der Waals surface area contributed by atoms with Crippen molar-refractivity contribution in [2.24, 2.45) is 39.4 Å². The van der Waals surface area contributed by atoms with Gasteiger partial charge in [-0.3, -0.25) is 0 Å². The molecule has 32 heavy (non-hydrogen) atoms. The Morgan fingerprint density at radius 1 is 0.938 bits per heavy atom. The van der Waals surface area contributed by atoms with E-state index in [9.17, 15) is 10.2 Å². The molecule has 2 nitrogen and oxygen atoms in total. The van der Waals surface area contributed by atoms with Crippen LogP contribution in [0.25, 0.3) is 0 Å². The number of hydrogen-bond donors (Lipinski definition) is 2. The molecule has 184 valence electrons. The summed E-state index contributed by atoms with van der Waals surface area (Å²) < 4.78 is 0. The Balaban J connectivity index is 1.60. The standard InChI is InChI=1S/C30H52O2/c1-20(10-9-16-26(2,3)32)21-13-18-30(8)23-11-12-24-27(4,5)25(31)15-17-28(24,6)22(23)14-19-29(21,30)7/h20-21,24-25,31-32H,9-19H2,1-8H3/t20?,21-,24+,25+,28-,29-,30+/m1/s1. The highest BCUT2D eigenvalue weighted by atomic mass is 16.3. The number of aliphatic hydroxyl groups is 2. The van der Waals surface area contributed by atoms with Crippen LogP contribution in [0.15, 0.2) is 11.1 Å². The van der Waals surface area contributed by atoms with E-state index in [4.69, 9.17) is 0 Å². The highest BCUT2D eigenvalue weighted by Crippen LogP contribution is 2.72. The number of rotatable bonds is 5. The summed E-state index contributed by atoms with van der Waals surface area (Å²) in [6, 6.07) is 0. The highest BCUT2D eigenvalue weighted by molar-refractivity contribution is 5.38. The molecule has 0 bridgehead atoms. The quantitative estimate of drug-likeness (QED) is 0.427. The van der Waals surface area contributed by atoms with Crippen LogP contribution in [0, 0.1) is 39.4 Å². The molecule has 2 fully saturated rings. The summed E-state index contributed by atoms with van der Waals surface area (Å²) in [7, 11) is 0. The van der Waals surface area contributed by atoms with E-state index in [2.05, 4.69) is 41.5 Å². The fraction of sp³-hybridized carbons (Fsp3) is 0.933. The zero-order valence-corrected chi connectivity index (χ0v) is 22.5. The zero-order chi connectivity index (χ0) is 23.7. The molecule has 4 rings (SSSR count). The molecular weight excluding hydrogens is 392 g/mol. The van der Waals surface area contributed by atoms with Crippen molar-refractivity contribution in [1.29, 1.82) is 0 Å². The summed E-state index contributed by atoms with van der Waals surface area (Å²) in [4.78, 5) is 0. The molecule has 7 atom stereocenters. The molecular formula is C30H52O2. The third-order valence-electron chi connectivity index (χ3n) is 11.9. The van der Waals surface area contributed by atoms with E-state index in [0.29, 0.717) is 16.7 Å². The van der Waals surface area contributed by atoms with Crippen LogP contribution in [0.4, 0.5) is 0 Å². The third kappa shape index (κ3) is 3.57. The Kier molecular flexibility index (Phi) is 6.07. The number of fused-ring (bicyclic) bond motifs is 4. The average Bonchev–Trinajstić information content (AvgIpc) is 2.96. The Labute approximate surface area is 198 Å². The van der Waals surface area contributed by atoms with Gasteiger partial charge < -0.3 is 10.2 Å². The van der Waals surface area contributed by atoms with Gasteiger partial charge in [-0.05, 0) is 111 Å². The van der Waals surface area contributed by atoms with Crippen molar-refractivity contribution in [2.75, 3.05) is 0 Å². The molecule has 0 heterocycles. The second kappa shape index (κ2) is 7.84. The first-order valence-electron chi connectivity index (χ1n) is 13.8. The van der Waals surface area contributed by atoms with Gasteiger partial charge in [0.05, 0.1) is 11.7 Å². The average molecular weight is 445 g/mol. The van der Waals surface area contributed by atoms with Crippen molar-refractivity contribution >= 4 is 0 Å². The van der Waals surface area contributed by atoms with Crippen molar-refractivity contribution in [3.8, 4) is 0 Å². The molecule has 2 N–H and O–H groups in total. The van der Waals surface area contributed by atoms with E-state index in [1.54, 1.807) is 0 Å². The molecule has 0 radical (unpaired) electrons. The van der Waals surface area contributed by atoms with Crippen molar-refractivity contribution in [3.63, 3.8) is 0 Å². The van der Waals surface area contributed by atoms with Gasteiger partial charge in [-0.25, -0.2) is 0 Å². The van der Waals surface area contributed by atoms with E-state index in [1.807, 2.05) is 25.0 Å². The van der Waals surface area contributed by atoms with Gasteiger partial charge in [0, 0.05) is 0 Å². The monoisotopic (exact) mass is 444 g/mol. The van der Waals surface area contributed by atoms with Gasteiger partial charge >= 0.3 is 0 Å². The molecule has 2 saturated carbocycles. The lowest BCUT2D eigenvalue weighted by Crippen LogP contribution is -2.55. The van der Waals surface area contributed by atoms with Crippen LogP contribution >= 0.6 is 0 Å². The van der Waals surface area contributed by atoms with Crippen molar-refractivity contribution in [2.45, 2.75) is 138 Å². The normalized spacial score (nSPS) is 44.6. The number of hydrogen-bond acceptors (Lipinski definition) is 2. The van der Waals surface area contributed by atoms with E-state index >= 15 is 0 Å². The van der Waals surface area contributed by atoms with Crippen molar-refractivity contribution < 1.29 is 10.2 Å². The Hall–Kier alpha value is -0.340. The third-order valence-corrected chi connectivity index (χ3v) is 11.9. The number of aliphatic hydroxyl groups excluding tert-OH is 1. The summed E-state index contributed by atoms with van der Waals surface area (Å²) >= 11 is 0. The second-order valence-corrected chi connectivity index (χ2v) is 14.4. The molecule has 0 aromatic heterocycles. The summed E-state index contributed by atoms with van der Waals surface area (Å²) in [6.45, 7) is 18.9. The summed E-state index contributed by atoms with van der Waals surface area (Å²) in [6.07, 6.45) is 13.2. The lowest BCUT2D eigenvalue weighted by atomic mass is 9.43. The molecule has 0 saturated heterocycles. The fourth-order valence-corrected chi connectivity index (χ4v) is 9.69. The van der Waals surface area contributed by atoms with Crippen LogP contribution < -0.4 is 0 Å². The van der Waals surface area contributed by atoms with Crippen LogP contribution in [0.3, 0.4) is 0 Å². The van der Waals surface area contributed by atoms with E-state index in [1.165, 1.54) is 51.4 Å². The minimum absolute atomic E-state index is 0.0282. The Morgan fingerprint density at radius 2 is 1.62 bits per heavy atom. The summed E-state index contributed by atoms with van der Waals surface area (Å²) in [5.74, 6) is 2.16. The minimum atomic E-state index is -0.534. The first kappa shape index (κ1) is 24.8. The van der Waals surface area contributed by atoms with Gasteiger partial charge in [-0.1, -0.05) is 65.5 Å². The summed E-state index contributed by atoms with van der Waals surface area (Å²) in [5, 5.41) is 21.0. The molecule has 1 unspecified atom stereocenters. The van der Waals surface area contributed by atoms with Gasteiger partial charge in [0.2, 0.25) is 0 Å².